The van der Waals surface area contributed by atoms with Gasteiger partial charge in [-0.2, -0.15) is 13.2 Å². The van der Waals surface area contributed by atoms with Gasteiger partial charge < -0.3 is 10.6 Å². The van der Waals surface area contributed by atoms with Crippen molar-refractivity contribution in [2.75, 3.05) is 18.4 Å². The SMILES string of the molecule is CCC(c1ccc(NC(=O)Cc2ccc(-n3cnc4ccccc43)cc2)cc1C(F)(F)F)C1CCNCC1. The number of benzene rings is 3. The predicted molar refractivity (Wildman–Crippen MR) is 143 cm³/mol. The molecule has 1 fully saturated rings. The van der Waals surface area contributed by atoms with Crippen LogP contribution in [0.4, 0.5) is 18.9 Å². The molecule has 2 N–H and O–H groups in total. The highest BCUT2D eigenvalue weighted by molar-refractivity contribution is 5.92. The summed E-state index contributed by atoms with van der Waals surface area (Å²) in [5, 5.41) is 5.95. The van der Waals surface area contributed by atoms with Gasteiger partial charge in [-0.25, -0.2) is 4.98 Å². The number of nitrogens with one attached hydrogen (secondary N) is 2. The molecule has 1 saturated heterocycles. The molecule has 1 unspecified atom stereocenters. The molecular formula is C30H31F3N4O. The molecule has 198 valence electrons. The van der Waals surface area contributed by atoms with Crippen LogP contribution in [-0.4, -0.2) is 28.5 Å². The molecule has 1 atom stereocenters. The van der Waals surface area contributed by atoms with E-state index < -0.39 is 11.7 Å². The van der Waals surface area contributed by atoms with Crippen LogP contribution in [0.1, 0.15) is 48.8 Å². The molecule has 5 nitrogen and oxygen atoms in total. The summed E-state index contributed by atoms with van der Waals surface area (Å²) in [6.45, 7) is 3.61. The maximum atomic E-state index is 14.1. The van der Waals surface area contributed by atoms with Crippen molar-refractivity contribution < 1.29 is 18.0 Å². The lowest BCUT2D eigenvalue weighted by Crippen LogP contribution is -2.31. The predicted octanol–water partition coefficient (Wildman–Crippen LogP) is 6.72. The number of para-hydroxylation sites is 2. The number of hydrogen-bond acceptors (Lipinski definition) is 3. The van der Waals surface area contributed by atoms with Gasteiger partial charge in [0.2, 0.25) is 5.91 Å². The van der Waals surface area contributed by atoms with Gasteiger partial charge in [0.15, 0.2) is 0 Å². The van der Waals surface area contributed by atoms with Crippen LogP contribution in [0.5, 0.6) is 0 Å². The van der Waals surface area contributed by atoms with E-state index in [1.54, 1.807) is 18.5 Å². The number of carbonyl (C=O) groups excluding carboxylic acids is 1. The molecule has 0 aliphatic carbocycles. The number of aromatic nitrogens is 2. The van der Waals surface area contributed by atoms with Gasteiger partial charge in [0.05, 0.1) is 23.0 Å². The monoisotopic (exact) mass is 520 g/mol. The van der Waals surface area contributed by atoms with Gasteiger partial charge in [0.25, 0.3) is 0 Å². The number of imidazole rings is 1. The minimum absolute atomic E-state index is 0.0563. The molecule has 8 heteroatoms. The number of nitrogens with zero attached hydrogens (tertiary/aromatic N) is 2. The summed E-state index contributed by atoms with van der Waals surface area (Å²) in [6, 6.07) is 19.5. The number of amides is 1. The molecule has 4 aromatic rings. The van der Waals surface area contributed by atoms with E-state index in [-0.39, 0.29) is 29.9 Å². The Balaban J connectivity index is 1.30. The molecule has 0 spiro atoms. The summed E-state index contributed by atoms with van der Waals surface area (Å²) >= 11 is 0. The van der Waals surface area contributed by atoms with Gasteiger partial charge >= 0.3 is 6.18 Å². The summed E-state index contributed by atoms with van der Waals surface area (Å²) in [4.78, 5) is 17.1. The summed E-state index contributed by atoms with van der Waals surface area (Å²) < 4.78 is 44.3. The fourth-order valence-electron chi connectivity index (χ4n) is 5.59. The third-order valence-electron chi connectivity index (χ3n) is 7.47. The quantitative estimate of drug-likeness (QED) is 0.284. The van der Waals surface area contributed by atoms with Crippen molar-refractivity contribution in [3.05, 3.63) is 89.7 Å². The Morgan fingerprint density at radius 1 is 1.08 bits per heavy atom. The van der Waals surface area contributed by atoms with Crippen LogP contribution in [0.25, 0.3) is 16.7 Å². The molecule has 5 rings (SSSR count). The van der Waals surface area contributed by atoms with Crippen LogP contribution >= 0.6 is 0 Å². The van der Waals surface area contributed by atoms with E-state index in [2.05, 4.69) is 15.6 Å². The molecule has 0 saturated carbocycles. The zero-order valence-corrected chi connectivity index (χ0v) is 21.3. The molecule has 1 aliphatic heterocycles. The second kappa shape index (κ2) is 11.0. The highest BCUT2D eigenvalue weighted by Crippen LogP contribution is 2.42. The van der Waals surface area contributed by atoms with Crippen LogP contribution in [0.2, 0.25) is 0 Å². The summed E-state index contributed by atoms with van der Waals surface area (Å²) in [7, 11) is 0. The topological polar surface area (TPSA) is 59.0 Å². The van der Waals surface area contributed by atoms with Gasteiger partial charge in [0.1, 0.15) is 6.33 Å². The van der Waals surface area contributed by atoms with Crippen LogP contribution in [0.3, 0.4) is 0 Å². The molecule has 0 bridgehead atoms. The first-order valence-electron chi connectivity index (χ1n) is 13.1. The fraction of sp³-hybridized carbons (Fsp3) is 0.333. The maximum Gasteiger partial charge on any atom is 0.416 e. The first-order valence-corrected chi connectivity index (χ1v) is 13.1. The molecule has 2 heterocycles. The van der Waals surface area contributed by atoms with E-state index in [0.29, 0.717) is 12.0 Å². The van der Waals surface area contributed by atoms with E-state index >= 15 is 0 Å². The van der Waals surface area contributed by atoms with Crippen molar-refractivity contribution in [1.82, 2.24) is 14.9 Å². The summed E-state index contributed by atoms with van der Waals surface area (Å²) in [6.07, 6.45) is -0.314. The number of halogens is 3. The van der Waals surface area contributed by atoms with Crippen LogP contribution in [0, 0.1) is 5.92 Å². The lowest BCUT2D eigenvalue weighted by molar-refractivity contribution is -0.138. The van der Waals surface area contributed by atoms with E-state index in [1.807, 2.05) is 60.0 Å². The van der Waals surface area contributed by atoms with Gasteiger partial charge in [-0.05, 0) is 91.7 Å². The van der Waals surface area contributed by atoms with E-state index in [9.17, 15) is 18.0 Å². The van der Waals surface area contributed by atoms with E-state index in [1.165, 1.54) is 0 Å². The normalized spacial score (nSPS) is 15.5. The Morgan fingerprint density at radius 3 is 2.53 bits per heavy atom. The average molecular weight is 521 g/mol. The number of fused-ring (bicyclic) bond motifs is 1. The van der Waals surface area contributed by atoms with Gasteiger partial charge in [0, 0.05) is 11.4 Å². The smallest absolute Gasteiger partial charge is 0.326 e. The Hall–Kier alpha value is -3.65. The van der Waals surface area contributed by atoms with Crippen molar-refractivity contribution in [2.24, 2.45) is 5.92 Å². The molecule has 38 heavy (non-hydrogen) atoms. The minimum atomic E-state index is -4.50. The standard InChI is InChI=1S/C30H31F3N4O/c1-2-24(21-13-15-34-16-14-21)25-12-9-22(18-26(25)30(31,32)33)36-29(38)17-20-7-10-23(11-8-20)37-19-35-27-5-3-4-6-28(27)37/h3-12,18-19,21,24,34H,2,13-17H2,1H3,(H,36,38). The Labute approximate surface area is 220 Å². The van der Waals surface area contributed by atoms with Gasteiger partial charge in [-0.1, -0.05) is 37.3 Å². The van der Waals surface area contributed by atoms with Crippen LogP contribution < -0.4 is 10.6 Å². The third-order valence-corrected chi connectivity index (χ3v) is 7.47. The first-order chi connectivity index (χ1) is 18.3. The third kappa shape index (κ3) is 5.60. The van der Waals surface area contributed by atoms with Crippen molar-refractivity contribution in [1.29, 1.82) is 0 Å². The Bertz CT molecular complexity index is 1410. The molecule has 3 aromatic carbocycles. The number of alkyl halides is 3. The minimum Gasteiger partial charge on any atom is -0.326 e. The Morgan fingerprint density at radius 2 is 1.82 bits per heavy atom. The molecule has 1 amide bonds. The van der Waals surface area contributed by atoms with Gasteiger partial charge in [-0.3, -0.25) is 9.36 Å². The maximum absolute atomic E-state index is 14.1. The van der Waals surface area contributed by atoms with Crippen molar-refractivity contribution in [2.45, 2.75) is 44.7 Å². The van der Waals surface area contributed by atoms with Gasteiger partial charge in [-0.15, -0.1) is 0 Å². The molecule has 0 radical (unpaired) electrons. The number of rotatable bonds is 7. The first kappa shape index (κ1) is 26.0. The van der Waals surface area contributed by atoms with E-state index in [0.717, 1.165) is 54.3 Å². The van der Waals surface area contributed by atoms with Crippen molar-refractivity contribution >= 4 is 22.6 Å². The highest BCUT2D eigenvalue weighted by atomic mass is 19.4. The second-order valence-electron chi connectivity index (χ2n) is 9.90. The molecular weight excluding hydrogens is 489 g/mol. The second-order valence-corrected chi connectivity index (χ2v) is 9.90. The summed E-state index contributed by atoms with van der Waals surface area (Å²) in [5.41, 5.74) is 3.37. The lowest BCUT2D eigenvalue weighted by atomic mass is 9.77. The zero-order chi connectivity index (χ0) is 26.7. The van der Waals surface area contributed by atoms with Crippen LogP contribution in [-0.2, 0) is 17.4 Å². The highest BCUT2D eigenvalue weighted by Gasteiger charge is 2.37. The Kier molecular flexibility index (Phi) is 7.51. The lowest BCUT2D eigenvalue weighted by Gasteiger charge is -2.32. The van der Waals surface area contributed by atoms with Crippen molar-refractivity contribution in [3.63, 3.8) is 0 Å². The van der Waals surface area contributed by atoms with E-state index in [4.69, 9.17) is 0 Å². The molecule has 1 aliphatic rings. The largest absolute Gasteiger partial charge is 0.416 e. The number of anilines is 1. The number of piperidine rings is 1. The number of hydrogen-bond donors (Lipinski definition) is 2. The zero-order valence-electron chi connectivity index (χ0n) is 21.3. The van der Waals surface area contributed by atoms with Crippen molar-refractivity contribution in [3.8, 4) is 5.69 Å². The van der Waals surface area contributed by atoms with Crippen LogP contribution in [0.15, 0.2) is 73.1 Å². The molecule has 1 aromatic heterocycles. The fourth-order valence-corrected chi connectivity index (χ4v) is 5.59. The summed E-state index contributed by atoms with van der Waals surface area (Å²) in [5.74, 6) is -0.312. The average Bonchev–Trinajstić information content (AvgIpc) is 3.34. The number of carbonyl (C=O) groups is 1.